The van der Waals surface area contributed by atoms with Crippen molar-refractivity contribution in [2.75, 3.05) is 6.54 Å². The van der Waals surface area contributed by atoms with Crippen molar-refractivity contribution in [3.05, 3.63) is 67.9 Å². The number of aromatic nitrogens is 1. The smallest absolute Gasteiger partial charge is 0.325 e. The SMILES string of the molecule is O=C(CNC(=O)c1ccc(Cl)c([N+](=O)[O-])c1)OCc1ccc(Cl)nc1. The van der Waals surface area contributed by atoms with E-state index in [4.69, 9.17) is 27.9 Å². The van der Waals surface area contributed by atoms with Crippen LogP contribution in [0.5, 0.6) is 0 Å². The highest BCUT2D eigenvalue weighted by Gasteiger charge is 2.17. The summed E-state index contributed by atoms with van der Waals surface area (Å²) in [5, 5.41) is 13.4. The van der Waals surface area contributed by atoms with E-state index in [1.54, 1.807) is 12.1 Å². The van der Waals surface area contributed by atoms with E-state index in [0.29, 0.717) is 10.7 Å². The first-order valence-corrected chi connectivity index (χ1v) is 7.60. The first kappa shape index (κ1) is 18.6. The van der Waals surface area contributed by atoms with E-state index in [2.05, 4.69) is 10.3 Å². The molecular formula is C15H11Cl2N3O5. The van der Waals surface area contributed by atoms with Crippen molar-refractivity contribution < 1.29 is 19.2 Å². The quantitative estimate of drug-likeness (QED) is 0.355. The second-order valence-electron chi connectivity index (χ2n) is 4.76. The molecule has 0 aliphatic carbocycles. The van der Waals surface area contributed by atoms with Gasteiger partial charge in [0.15, 0.2) is 0 Å². The second-order valence-corrected chi connectivity index (χ2v) is 5.55. The van der Waals surface area contributed by atoms with Crippen LogP contribution in [0.25, 0.3) is 0 Å². The summed E-state index contributed by atoms with van der Waals surface area (Å²) in [5.41, 5.74) is 0.246. The van der Waals surface area contributed by atoms with E-state index in [0.717, 1.165) is 6.07 Å². The van der Waals surface area contributed by atoms with E-state index in [-0.39, 0.29) is 17.2 Å². The molecule has 0 bridgehead atoms. The van der Waals surface area contributed by atoms with Gasteiger partial charge in [-0.1, -0.05) is 29.3 Å². The standard InChI is InChI=1S/C15H11Cl2N3O5/c16-11-3-2-10(5-12(11)20(23)24)15(22)19-7-14(21)25-8-9-1-4-13(17)18-6-9/h1-6H,7-8H2,(H,19,22). The van der Waals surface area contributed by atoms with Crippen LogP contribution in [0.2, 0.25) is 10.2 Å². The monoisotopic (exact) mass is 383 g/mol. The molecule has 0 spiro atoms. The summed E-state index contributed by atoms with van der Waals surface area (Å²) in [6, 6.07) is 6.78. The summed E-state index contributed by atoms with van der Waals surface area (Å²) in [5.74, 6) is -1.34. The Labute approximate surface area is 151 Å². The van der Waals surface area contributed by atoms with Crippen LogP contribution in [0.1, 0.15) is 15.9 Å². The molecule has 0 saturated heterocycles. The molecule has 1 amide bonds. The number of esters is 1. The molecule has 1 aromatic carbocycles. The lowest BCUT2D eigenvalue weighted by atomic mass is 10.2. The number of rotatable bonds is 6. The predicted octanol–water partition coefficient (Wildman–Crippen LogP) is 2.77. The maximum Gasteiger partial charge on any atom is 0.325 e. The van der Waals surface area contributed by atoms with Gasteiger partial charge in [-0.05, 0) is 18.2 Å². The van der Waals surface area contributed by atoms with E-state index in [1.165, 1.54) is 18.3 Å². The van der Waals surface area contributed by atoms with Gasteiger partial charge in [-0.3, -0.25) is 19.7 Å². The fourth-order valence-electron chi connectivity index (χ4n) is 1.76. The highest BCUT2D eigenvalue weighted by Crippen LogP contribution is 2.24. The minimum atomic E-state index is -0.701. The Morgan fingerprint density at radius 3 is 2.64 bits per heavy atom. The van der Waals surface area contributed by atoms with Gasteiger partial charge in [0.2, 0.25) is 0 Å². The molecule has 1 aromatic heterocycles. The van der Waals surface area contributed by atoms with Crippen LogP contribution < -0.4 is 5.32 Å². The minimum Gasteiger partial charge on any atom is -0.459 e. The van der Waals surface area contributed by atoms with Crippen molar-refractivity contribution in [1.29, 1.82) is 0 Å². The Bertz CT molecular complexity index is 811. The average molecular weight is 384 g/mol. The van der Waals surface area contributed by atoms with Crippen molar-refractivity contribution in [1.82, 2.24) is 10.3 Å². The number of nitro groups is 1. The third-order valence-electron chi connectivity index (χ3n) is 2.99. The fourth-order valence-corrected chi connectivity index (χ4v) is 2.05. The van der Waals surface area contributed by atoms with Gasteiger partial charge >= 0.3 is 5.97 Å². The summed E-state index contributed by atoms with van der Waals surface area (Å²) >= 11 is 11.3. The summed E-state index contributed by atoms with van der Waals surface area (Å²) in [6.07, 6.45) is 1.46. The lowest BCUT2D eigenvalue weighted by Crippen LogP contribution is -2.30. The maximum absolute atomic E-state index is 11.9. The summed E-state index contributed by atoms with van der Waals surface area (Å²) in [7, 11) is 0. The summed E-state index contributed by atoms with van der Waals surface area (Å²) in [4.78, 5) is 37.5. The molecule has 0 aliphatic rings. The Hall–Kier alpha value is -2.71. The Kier molecular flexibility index (Phi) is 6.26. The van der Waals surface area contributed by atoms with Crippen LogP contribution >= 0.6 is 23.2 Å². The number of nitrogens with one attached hydrogen (secondary N) is 1. The highest BCUT2D eigenvalue weighted by atomic mass is 35.5. The topological polar surface area (TPSA) is 111 Å². The van der Waals surface area contributed by atoms with Gasteiger partial charge in [0.05, 0.1) is 4.92 Å². The van der Waals surface area contributed by atoms with Crippen LogP contribution in [0.15, 0.2) is 36.5 Å². The van der Waals surface area contributed by atoms with E-state index in [1.807, 2.05) is 0 Å². The molecule has 2 aromatic rings. The lowest BCUT2D eigenvalue weighted by molar-refractivity contribution is -0.384. The van der Waals surface area contributed by atoms with Crippen LogP contribution in [-0.4, -0.2) is 28.3 Å². The number of nitro benzene ring substituents is 1. The van der Waals surface area contributed by atoms with E-state index < -0.39 is 29.0 Å². The van der Waals surface area contributed by atoms with E-state index >= 15 is 0 Å². The van der Waals surface area contributed by atoms with Crippen LogP contribution in [-0.2, 0) is 16.1 Å². The molecule has 0 fully saturated rings. The number of hydrogen-bond acceptors (Lipinski definition) is 6. The minimum absolute atomic E-state index is 0.00537. The van der Waals surface area contributed by atoms with Gasteiger partial charge in [-0.15, -0.1) is 0 Å². The largest absolute Gasteiger partial charge is 0.459 e. The zero-order valence-electron chi connectivity index (χ0n) is 12.6. The molecule has 1 heterocycles. The average Bonchev–Trinajstić information content (AvgIpc) is 2.59. The molecule has 2 rings (SSSR count). The molecule has 130 valence electrons. The van der Waals surface area contributed by atoms with Crippen molar-refractivity contribution in [3.8, 4) is 0 Å². The van der Waals surface area contributed by atoms with Crippen LogP contribution in [0.3, 0.4) is 0 Å². The van der Waals surface area contributed by atoms with Crippen molar-refractivity contribution in [2.24, 2.45) is 0 Å². The summed E-state index contributed by atoms with van der Waals surface area (Å²) in [6.45, 7) is -0.415. The van der Waals surface area contributed by atoms with E-state index in [9.17, 15) is 19.7 Å². The van der Waals surface area contributed by atoms with Crippen molar-refractivity contribution >= 4 is 40.8 Å². The number of halogens is 2. The first-order chi connectivity index (χ1) is 11.9. The Morgan fingerprint density at radius 1 is 1.24 bits per heavy atom. The molecule has 8 nitrogen and oxygen atoms in total. The fraction of sp³-hybridized carbons (Fsp3) is 0.133. The molecule has 0 saturated carbocycles. The zero-order chi connectivity index (χ0) is 18.4. The van der Waals surface area contributed by atoms with Gasteiger partial charge < -0.3 is 10.1 Å². The lowest BCUT2D eigenvalue weighted by Gasteiger charge is -2.07. The molecular weight excluding hydrogens is 373 g/mol. The molecule has 0 aliphatic heterocycles. The number of carbonyl (C=O) groups is 2. The number of amides is 1. The first-order valence-electron chi connectivity index (χ1n) is 6.85. The molecule has 1 N–H and O–H groups in total. The predicted molar refractivity (Wildman–Crippen MR) is 89.5 cm³/mol. The Morgan fingerprint density at radius 2 is 2.00 bits per heavy atom. The van der Waals surface area contributed by atoms with Gasteiger partial charge in [0, 0.05) is 23.4 Å². The number of nitrogens with zero attached hydrogens (tertiary/aromatic N) is 2. The molecule has 0 unspecified atom stereocenters. The second kappa shape index (κ2) is 8.41. The third kappa shape index (κ3) is 5.40. The van der Waals surface area contributed by atoms with Gasteiger partial charge in [-0.2, -0.15) is 0 Å². The zero-order valence-corrected chi connectivity index (χ0v) is 14.1. The summed E-state index contributed by atoms with van der Waals surface area (Å²) < 4.78 is 4.97. The number of benzene rings is 1. The number of pyridine rings is 1. The highest BCUT2D eigenvalue weighted by molar-refractivity contribution is 6.32. The number of hydrogen-bond donors (Lipinski definition) is 1. The van der Waals surface area contributed by atoms with Gasteiger partial charge in [0.25, 0.3) is 11.6 Å². The molecule has 0 radical (unpaired) electrons. The van der Waals surface area contributed by atoms with Crippen LogP contribution in [0.4, 0.5) is 5.69 Å². The van der Waals surface area contributed by atoms with Gasteiger partial charge in [0.1, 0.15) is 23.3 Å². The van der Waals surface area contributed by atoms with Crippen molar-refractivity contribution in [2.45, 2.75) is 6.61 Å². The molecule has 0 atom stereocenters. The van der Waals surface area contributed by atoms with Crippen LogP contribution in [0, 0.1) is 10.1 Å². The maximum atomic E-state index is 11.9. The third-order valence-corrected chi connectivity index (χ3v) is 3.53. The number of carbonyl (C=O) groups excluding carboxylic acids is 2. The molecule has 25 heavy (non-hydrogen) atoms. The van der Waals surface area contributed by atoms with Gasteiger partial charge in [-0.25, -0.2) is 4.98 Å². The Balaban J connectivity index is 1.87. The van der Waals surface area contributed by atoms with Crippen molar-refractivity contribution in [3.63, 3.8) is 0 Å². The normalized spacial score (nSPS) is 10.2. The number of ether oxygens (including phenoxy) is 1. The molecule has 10 heteroatoms.